The molecule has 0 radical (unpaired) electrons. The molecule has 0 amide bonds. The molecule has 0 fully saturated rings. The molecule has 10 aromatic rings. The van der Waals surface area contributed by atoms with Crippen LogP contribution >= 0.6 is 0 Å². The highest BCUT2D eigenvalue weighted by molar-refractivity contribution is 5.91. The van der Waals surface area contributed by atoms with E-state index >= 15 is 0 Å². The van der Waals surface area contributed by atoms with Crippen molar-refractivity contribution in [3.63, 3.8) is 0 Å². The Morgan fingerprint density at radius 3 is 1.50 bits per heavy atom. The molecule has 7 heteroatoms. The third-order valence-electron chi connectivity index (χ3n) is 11.2. The highest BCUT2D eigenvalue weighted by atomic mass is 16.5. The molecule has 5 heterocycles. The topological polar surface area (TPSA) is 87.1 Å². The molecule has 1 aliphatic carbocycles. The molecule has 0 unspecified atom stereocenters. The average Bonchev–Trinajstić information content (AvgIpc) is 3.98. The van der Waals surface area contributed by atoms with Crippen LogP contribution in [-0.4, -0.2) is 19.9 Å². The second kappa shape index (κ2) is 11.7. The smallest absolute Gasteiger partial charge is 0.227 e. The van der Waals surface area contributed by atoms with Crippen molar-refractivity contribution in [2.75, 3.05) is 0 Å². The highest BCUT2D eigenvalue weighted by Crippen LogP contribution is 2.62. The zero-order valence-electron chi connectivity index (χ0n) is 29.7. The second-order valence-electron chi connectivity index (χ2n) is 14.3. The van der Waals surface area contributed by atoms with Crippen LogP contribution in [0, 0.1) is 0 Å². The van der Waals surface area contributed by atoms with Gasteiger partial charge in [0.15, 0.2) is 11.2 Å². The first kappa shape index (κ1) is 30.8. The highest BCUT2D eigenvalue weighted by Gasteiger charge is 2.51. The molecule has 0 N–H and O–H groups in total. The van der Waals surface area contributed by atoms with E-state index in [1.165, 1.54) is 22.3 Å². The van der Waals surface area contributed by atoms with Gasteiger partial charge in [-0.1, -0.05) is 97.1 Å². The lowest BCUT2D eigenvalue weighted by Gasteiger charge is -2.39. The third kappa shape index (κ3) is 4.45. The summed E-state index contributed by atoms with van der Waals surface area (Å²) in [6, 6.07) is 51.3. The Bertz CT molecular complexity index is 2990. The van der Waals surface area contributed by atoms with E-state index in [2.05, 4.69) is 125 Å². The normalized spacial score (nSPS) is 13.3. The van der Waals surface area contributed by atoms with Crippen LogP contribution in [0.15, 0.2) is 179 Å². The summed E-state index contributed by atoms with van der Waals surface area (Å²) < 4.78 is 18.9. The van der Waals surface area contributed by atoms with Crippen molar-refractivity contribution in [1.29, 1.82) is 0 Å². The Morgan fingerprint density at radius 1 is 0.393 bits per heavy atom. The van der Waals surface area contributed by atoms with E-state index in [0.29, 0.717) is 22.9 Å². The molecule has 0 atom stereocenters. The van der Waals surface area contributed by atoms with E-state index in [4.69, 9.17) is 23.5 Å². The first-order valence-corrected chi connectivity index (χ1v) is 18.5. The molecule has 12 rings (SSSR count). The van der Waals surface area contributed by atoms with Gasteiger partial charge in [-0.15, -0.1) is 0 Å². The molecule has 0 saturated carbocycles. The van der Waals surface area contributed by atoms with Gasteiger partial charge in [-0.3, -0.25) is 9.97 Å². The molecule has 1 aliphatic heterocycles. The number of benzene rings is 6. The number of nitrogens with zero attached hydrogens (tertiary/aromatic N) is 4. The number of oxazole rings is 2. The summed E-state index contributed by atoms with van der Waals surface area (Å²) in [7, 11) is 0. The van der Waals surface area contributed by atoms with Gasteiger partial charge in [0.1, 0.15) is 22.5 Å². The van der Waals surface area contributed by atoms with Crippen LogP contribution in [0.2, 0.25) is 0 Å². The number of rotatable bonds is 4. The maximum Gasteiger partial charge on any atom is 0.227 e. The molecular weight excluding hydrogens is 693 g/mol. The van der Waals surface area contributed by atoms with Gasteiger partial charge in [-0.05, 0) is 93.0 Å². The van der Waals surface area contributed by atoms with Gasteiger partial charge >= 0.3 is 0 Å². The Morgan fingerprint density at radius 2 is 0.893 bits per heavy atom. The Kier molecular flexibility index (Phi) is 6.42. The van der Waals surface area contributed by atoms with Crippen molar-refractivity contribution < 1.29 is 13.6 Å². The van der Waals surface area contributed by atoms with Gasteiger partial charge in [0, 0.05) is 34.6 Å². The predicted octanol–water partition coefficient (Wildman–Crippen LogP) is 11.9. The van der Waals surface area contributed by atoms with Crippen molar-refractivity contribution in [2.24, 2.45) is 0 Å². The predicted molar refractivity (Wildman–Crippen MR) is 216 cm³/mol. The van der Waals surface area contributed by atoms with E-state index in [9.17, 15) is 0 Å². The summed E-state index contributed by atoms with van der Waals surface area (Å²) in [5.74, 6) is 2.76. The molecule has 6 aromatic carbocycles. The fourth-order valence-corrected chi connectivity index (χ4v) is 8.74. The van der Waals surface area contributed by atoms with Crippen LogP contribution in [0.3, 0.4) is 0 Å². The fraction of sp³-hybridized carbons (Fsp3) is 0.0204. The molecule has 56 heavy (non-hydrogen) atoms. The summed E-state index contributed by atoms with van der Waals surface area (Å²) in [6.07, 6.45) is 6.79. The molecular formula is C49H28N4O3. The minimum Gasteiger partial charge on any atom is -0.457 e. The van der Waals surface area contributed by atoms with E-state index in [1.54, 1.807) is 24.8 Å². The molecule has 0 bridgehead atoms. The zero-order chi connectivity index (χ0) is 36.8. The van der Waals surface area contributed by atoms with E-state index in [1.807, 2.05) is 30.3 Å². The lowest BCUT2D eigenvalue weighted by atomic mass is 9.66. The molecule has 1 spiro atoms. The van der Waals surface area contributed by atoms with Gasteiger partial charge in [-0.25, -0.2) is 9.97 Å². The van der Waals surface area contributed by atoms with E-state index in [0.717, 1.165) is 67.0 Å². The fourth-order valence-electron chi connectivity index (χ4n) is 8.74. The Labute approximate surface area is 320 Å². The average molecular weight is 721 g/mol. The Balaban J connectivity index is 0.991. The minimum absolute atomic E-state index is 0.495. The van der Waals surface area contributed by atoms with Gasteiger partial charge in [0.2, 0.25) is 11.8 Å². The van der Waals surface area contributed by atoms with Crippen molar-refractivity contribution in [3.05, 3.63) is 193 Å². The molecule has 0 saturated heterocycles. The van der Waals surface area contributed by atoms with Crippen LogP contribution in [0.1, 0.15) is 22.3 Å². The number of hydrogen-bond acceptors (Lipinski definition) is 7. The monoisotopic (exact) mass is 720 g/mol. The van der Waals surface area contributed by atoms with Crippen LogP contribution in [0.25, 0.3) is 78.5 Å². The number of para-hydroxylation sites is 2. The van der Waals surface area contributed by atoms with Crippen LogP contribution < -0.4 is 4.74 Å². The Hall–Kier alpha value is -7.64. The van der Waals surface area contributed by atoms with Crippen LogP contribution in [0.5, 0.6) is 11.5 Å². The summed E-state index contributed by atoms with van der Waals surface area (Å²) in [5.41, 5.74) is 15.4. The van der Waals surface area contributed by atoms with Gasteiger partial charge in [0.25, 0.3) is 0 Å². The third-order valence-corrected chi connectivity index (χ3v) is 11.2. The van der Waals surface area contributed by atoms with Gasteiger partial charge in [-0.2, -0.15) is 0 Å². The number of aromatic nitrogens is 4. The van der Waals surface area contributed by atoms with E-state index in [-0.39, 0.29) is 0 Å². The summed E-state index contributed by atoms with van der Waals surface area (Å²) >= 11 is 0. The number of ether oxygens (including phenoxy) is 1. The summed E-state index contributed by atoms with van der Waals surface area (Å²) in [4.78, 5) is 18.0. The van der Waals surface area contributed by atoms with E-state index < -0.39 is 5.41 Å². The maximum atomic E-state index is 6.54. The minimum atomic E-state index is -0.522. The molecule has 2 aliphatic rings. The van der Waals surface area contributed by atoms with Gasteiger partial charge in [0.05, 0.1) is 17.8 Å². The number of hydrogen-bond donors (Lipinski definition) is 0. The second-order valence-corrected chi connectivity index (χ2v) is 14.3. The first-order chi connectivity index (χ1) is 27.7. The number of pyridine rings is 2. The van der Waals surface area contributed by atoms with Crippen molar-refractivity contribution in [1.82, 2.24) is 19.9 Å². The summed E-state index contributed by atoms with van der Waals surface area (Å²) in [6.45, 7) is 0. The SMILES string of the molecule is c1ccc2c(c1)Oc1ccccc1C21c2ccccc2-c2ccc(-c3ccc(-c4cc(-c5nc6ccncc6o5)cc(-c5nc6ccncc6o5)c4)cc3)cc21. The lowest BCUT2D eigenvalue weighted by Crippen LogP contribution is -2.32. The zero-order valence-corrected chi connectivity index (χ0v) is 29.7. The van der Waals surface area contributed by atoms with Crippen molar-refractivity contribution in [3.8, 4) is 67.8 Å². The molecule has 7 nitrogen and oxygen atoms in total. The molecule has 4 aromatic heterocycles. The largest absolute Gasteiger partial charge is 0.457 e. The summed E-state index contributed by atoms with van der Waals surface area (Å²) in [5, 5.41) is 0. The first-order valence-electron chi connectivity index (χ1n) is 18.5. The quantitative estimate of drug-likeness (QED) is 0.179. The van der Waals surface area contributed by atoms with Crippen LogP contribution in [0.4, 0.5) is 0 Å². The van der Waals surface area contributed by atoms with Crippen molar-refractivity contribution in [2.45, 2.75) is 5.41 Å². The standard InChI is InChI=1S/C49H28N4O3/c1-2-8-37-35(7-1)36-18-17-31(26-40(36)49(37)38-9-3-5-11-43(38)54-44-12-6-4-10-39(44)49)29-13-15-30(16-14-29)32-23-33(47-52-41-19-21-50-27-45(41)55-47)25-34(24-32)48-53-42-20-22-51-28-46(42)56-48/h1-28H. The van der Waals surface area contributed by atoms with Gasteiger partial charge < -0.3 is 13.6 Å². The maximum absolute atomic E-state index is 6.54. The number of fused-ring (bicyclic) bond motifs is 11. The van der Waals surface area contributed by atoms with Crippen LogP contribution in [-0.2, 0) is 5.41 Å². The lowest BCUT2D eigenvalue weighted by molar-refractivity contribution is 0.436. The molecule has 262 valence electrons. The van der Waals surface area contributed by atoms with Crippen molar-refractivity contribution >= 4 is 22.2 Å².